The van der Waals surface area contributed by atoms with Gasteiger partial charge in [0, 0.05) is 33.1 Å². The Labute approximate surface area is 239 Å². The Morgan fingerprint density at radius 1 is 1.12 bits per heavy atom. The monoisotopic (exact) mass is 562 g/mol. The number of nitrogens with two attached hydrogens (primary N) is 1. The minimum Gasteiger partial charge on any atom is -0.461 e. The lowest BCUT2D eigenvalue weighted by Gasteiger charge is -2.38. The van der Waals surface area contributed by atoms with E-state index in [-0.39, 0.29) is 22.8 Å². The molecule has 7 nitrogen and oxygen atoms in total. The smallest absolute Gasteiger partial charge is 0.317 e. The van der Waals surface area contributed by atoms with Gasteiger partial charge < -0.3 is 15.4 Å². The zero-order chi connectivity index (χ0) is 28.2. The first-order valence-electron chi connectivity index (χ1n) is 14.0. The van der Waals surface area contributed by atoms with E-state index in [1.807, 2.05) is 63.2 Å². The third-order valence-corrected chi connectivity index (χ3v) is 9.61. The second-order valence-electron chi connectivity index (χ2n) is 12.0. The normalized spacial score (nSPS) is 18.1. The maximum atomic E-state index is 16.5. The number of hydrogen-bond donors (Lipinski definition) is 1. The van der Waals surface area contributed by atoms with Gasteiger partial charge in [-0.25, -0.2) is 4.39 Å². The zero-order valence-electron chi connectivity index (χ0n) is 23.5. The molecule has 0 aliphatic carbocycles. The summed E-state index contributed by atoms with van der Waals surface area (Å²) < 4.78 is 22.9. The van der Waals surface area contributed by atoms with E-state index in [4.69, 9.17) is 27.1 Å². The van der Waals surface area contributed by atoms with Gasteiger partial charge in [0.25, 0.3) is 0 Å². The van der Waals surface area contributed by atoms with Gasteiger partial charge in [-0.3, -0.25) is 9.88 Å². The number of rotatable bonds is 7. The molecule has 0 saturated carbocycles. The van der Waals surface area contributed by atoms with Crippen molar-refractivity contribution in [2.45, 2.75) is 56.7 Å². The average Bonchev–Trinajstić information content (AvgIpc) is 3.52. The van der Waals surface area contributed by atoms with Crippen LogP contribution in [0.2, 0.25) is 5.02 Å². The summed E-state index contributed by atoms with van der Waals surface area (Å²) in [4.78, 5) is 18.6. The molecule has 6 rings (SSSR count). The second kappa shape index (κ2) is 10.2. The van der Waals surface area contributed by atoms with Crippen LogP contribution in [-0.2, 0) is 0 Å². The molecule has 2 aliphatic heterocycles. The maximum Gasteiger partial charge on any atom is 0.317 e. The zero-order valence-corrected chi connectivity index (χ0v) is 24.3. The largest absolute Gasteiger partial charge is 0.461 e. The number of halogens is 2. The number of aromatic nitrogens is 3. The molecule has 0 amide bonds. The Morgan fingerprint density at radius 2 is 1.82 bits per heavy atom. The van der Waals surface area contributed by atoms with E-state index in [1.54, 1.807) is 12.3 Å². The molecule has 0 bridgehead atoms. The fourth-order valence-electron chi connectivity index (χ4n) is 6.31. The van der Waals surface area contributed by atoms with Gasteiger partial charge in [0.15, 0.2) is 5.82 Å². The number of likely N-dealkylation sites (N-methyl/N-ethyl adjacent to an activating group) is 1. The predicted molar refractivity (Wildman–Crippen MR) is 158 cm³/mol. The molecule has 40 heavy (non-hydrogen) atoms. The number of hydrogen-bond acceptors (Lipinski definition) is 7. The number of pyridine rings is 1. The molecule has 2 aromatic carbocycles. The number of ether oxygens (including phenoxy) is 1. The average molecular weight is 563 g/mol. The second-order valence-corrected chi connectivity index (χ2v) is 12.4. The van der Waals surface area contributed by atoms with Crippen molar-refractivity contribution in [3.05, 3.63) is 59.1 Å². The van der Waals surface area contributed by atoms with Crippen LogP contribution in [-0.4, -0.2) is 69.6 Å². The van der Waals surface area contributed by atoms with Gasteiger partial charge in [0.05, 0.1) is 17.3 Å². The van der Waals surface area contributed by atoms with Gasteiger partial charge >= 0.3 is 6.01 Å². The van der Waals surface area contributed by atoms with E-state index in [0.29, 0.717) is 28.3 Å². The summed E-state index contributed by atoms with van der Waals surface area (Å²) in [6, 6.07) is 10.9. The molecule has 2 aromatic heterocycles. The molecular formula is C31H36ClFN6O. The molecule has 2 saturated heterocycles. The van der Waals surface area contributed by atoms with Crippen LogP contribution < -0.4 is 10.5 Å². The van der Waals surface area contributed by atoms with E-state index < -0.39 is 17.4 Å². The van der Waals surface area contributed by atoms with Crippen LogP contribution in [0.3, 0.4) is 0 Å². The molecule has 0 radical (unpaired) electrons. The van der Waals surface area contributed by atoms with Crippen molar-refractivity contribution in [1.82, 2.24) is 24.8 Å². The Morgan fingerprint density at radius 3 is 2.52 bits per heavy atom. The molecule has 1 unspecified atom stereocenters. The molecule has 2 N–H and O–H groups in total. The van der Waals surface area contributed by atoms with Crippen molar-refractivity contribution < 1.29 is 9.13 Å². The third-order valence-electron chi connectivity index (χ3n) is 9.29. The fraction of sp³-hybridized carbons (Fsp3) is 0.452. The van der Waals surface area contributed by atoms with Crippen LogP contribution >= 0.6 is 11.6 Å². The predicted octanol–water partition coefficient (Wildman–Crippen LogP) is 5.98. The third kappa shape index (κ3) is 4.42. The van der Waals surface area contributed by atoms with E-state index in [0.717, 1.165) is 49.5 Å². The summed E-state index contributed by atoms with van der Waals surface area (Å²) in [6.07, 6.45) is 6.12. The van der Waals surface area contributed by atoms with E-state index in [1.165, 1.54) is 0 Å². The molecule has 0 spiro atoms. The molecule has 4 aromatic rings. The topological polar surface area (TPSA) is 80.4 Å². The van der Waals surface area contributed by atoms with Crippen LogP contribution in [0.5, 0.6) is 6.01 Å². The molecular weight excluding hydrogens is 527 g/mol. The first-order chi connectivity index (χ1) is 19.1. The molecule has 210 valence electrons. The van der Waals surface area contributed by atoms with Crippen LogP contribution in [0.1, 0.15) is 51.3 Å². The van der Waals surface area contributed by atoms with Crippen LogP contribution in [0.25, 0.3) is 32.9 Å². The van der Waals surface area contributed by atoms with Crippen molar-refractivity contribution in [3.8, 4) is 17.3 Å². The highest BCUT2D eigenvalue weighted by atomic mass is 35.5. The highest BCUT2D eigenvalue weighted by Gasteiger charge is 2.45. The lowest BCUT2D eigenvalue weighted by Crippen LogP contribution is -2.47. The molecule has 9 heteroatoms. The Hall–Kier alpha value is -2.91. The van der Waals surface area contributed by atoms with Gasteiger partial charge in [0.1, 0.15) is 17.8 Å². The quantitative estimate of drug-likeness (QED) is 0.296. The summed E-state index contributed by atoms with van der Waals surface area (Å²) in [5, 5.41) is 2.66. The summed E-state index contributed by atoms with van der Waals surface area (Å²) in [7, 11) is 3.94. The standard InChI is InChI=1S/C31H36ClFN6O/c1-30(2,38(3)4)28(34)27-21-17-35-25(20-11-5-9-19-10-6-12-22(32)23(19)20)24(33)26(21)36-29(37-27)40-18-31-13-7-15-39(31)16-8-14-31/h5-6,9-12,17,28H,7-8,13-16,18,34H2,1-4H3. The summed E-state index contributed by atoms with van der Waals surface area (Å²) in [5.41, 5.74) is 7.81. The Bertz CT molecular complexity index is 1580. The highest BCUT2D eigenvalue weighted by Crippen LogP contribution is 2.40. The van der Waals surface area contributed by atoms with Gasteiger partial charge in [0.2, 0.25) is 0 Å². The van der Waals surface area contributed by atoms with Crippen molar-refractivity contribution in [2.75, 3.05) is 33.8 Å². The van der Waals surface area contributed by atoms with Gasteiger partial charge in [-0.15, -0.1) is 0 Å². The van der Waals surface area contributed by atoms with Gasteiger partial charge in [-0.05, 0) is 78.2 Å². The van der Waals surface area contributed by atoms with Crippen LogP contribution in [0.15, 0.2) is 42.6 Å². The number of fused-ring (bicyclic) bond motifs is 3. The Kier molecular flexibility index (Phi) is 6.94. The summed E-state index contributed by atoms with van der Waals surface area (Å²) >= 11 is 6.58. The number of nitrogens with zero attached hydrogens (tertiary/aromatic N) is 5. The van der Waals surface area contributed by atoms with Crippen molar-refractivity contribution >= 4 is 33.3 Å². The van der Waals surface area contributed by atoms with Crippen LogP contribution in [0, 0.1) is 5.82 Å². The molecule has 4 heterocycles. The first kappa shape index (κ1) is 27.3. The lowest BCUT2D eigenvalue weighted by atomic mass is 9.89. The molecule has 1 atom stereocenters. The van der Waals surface area contributed by atoms with E-state index in [2.05, 4.69) is 14.9 Å². The first-order valence-corrected chi connectivity index (χ1v) is 14.3. The molecule has 2 aliphatic rings. The minimum absolute atomic E-state index is 0.00511. The maximum absolute atomic E-state index is 16.5. The van der Waals surface area contributed by atoms with Gasteiger partial charge in [-0.1, -0.05) is 41.9 Å². The van der Waals surface area contributed by atoms with Crippen molar-refractivity contribution in [2.24, 2.45) is 5.73 Å². The number of benzene rings is 2. The molecule has 2 fully saturated rings. The minimum atomic E-state index is -0.554. The van der Waals surface area contributed by atoms with Crippen molar-refractivity contribution in [1.29, 1.82) is 0 Å². The Balaban J connectivity index is 1.50. The highest BCUT2D eigenvalue weighted by molar-refractivity contribution is 6.36. The van der Waals surface area contributed by atoms with Crippen LogP contribution in [0.4, 0.5) is 4.39 Å². The lowest BCUT2D eigenvalue weighted by molar-refractivity contribution is 0.107. The SMILES string of the molecule is CN(C)C(C)(C)C(N)c1nc(OCC23CCCN2CCC3)nc2c(F)c(-c3cccc4cccc(Cl)c34)ncc12. The van der Waals surface area contributed by atoms with E-state index in [9.17, 15) is 0 Å². The van der Waals surface area contributed by atoms with Crippen molar-refractivity contribution in [3.63, 3.8) is 0 Å². The van der Waals surface area contributed by atoms with E-state index >= 15 is 4.39 Å². The summed E-state index contributed by atoms with van der Waals surface area (Å²) in [6.45, 7) is 6.73. The summed E-state index contributed by atoms with van der Waals surface area (Å²) in [5.74, 6) is -0.546. The fourth-order valence-corrected chi connectivity index (χ4v) is 6.60. The van der Waals surface area contributed by atoms with Gasteiger partial charge in [-0.2, -0.15) is 9.97 Å².